The third-order valence-corrected chi connectivity index (χ3v) is 3.73. The van der Waals surface area contributed by atoms with E-state index in [1.807, 2.05) is 30.3 Å². The summed E-state index contributed by atoms with van der Waals surface area (Å²) < 4.78 is 27.8. The molecule has 0 saturated heterocycles. The van der Waals surface area contributed by atoms with Gasteiger partial charge in [0.25, 0.3) is 0 Å². The lowest BCUT2D eigenvalue weighted by atomic mass is 9.96. The molecule has 2 aromatic rings. The van der Waals surface area contributed by atoms with E-state index >= 15 is 0 Å². The molecule has 0 aliphatic heterocycles. The predicted molar refractivity (Wildman–Crippen MR) is 84.4 cm³/mol. The minimum atomic E-state index is -1.13. The van der Waals surface area contributed by atoms with Crippen molar-refractivity contribution in [3.63, 3.8) is 0 Å². The summed E-state index contributed by atoms with van der Waals surface area (Å²) >= 11 is 2.99. The number of hydrogen-bond acceptors (Lipinski definition) is 2. The molecular formula is C15H15BrClF2NO. The van der Waals surface area contributed by atoms with E-state index in [0.29, 0.717) is 0 Å². The molecule has 0 unspecified atom stereocenters. The van der Waals surface area contributed by atoms with E-state index in [1.165, 1.54) is 6.07 Å². The molecule has 0 amide bonds. The molecule has 21 heavy (non-hydrogen) atoms. The summed E-state index contributed by atoms with van der Waals surface area (Å²) in [7, 11) is 0. The van der Waals surface area contributed by atoms with Crippen molar-refractivity contribution in [2.24, 2.45) is 5.73 Å². The molecule has 6 heteroatoms. The fraction of sp³-hybridized carbons (Fsp3) is 0.200. The molecule has 0 aromatic heterocycles. The molecule has 2 nitrogen and oxygen atoms in total. The highest BCUT2D eigenvalue weighted by molar-refractivity contribution is 9.10. The Morgan fingerprint density at radius 1 is 1.10 bits per heavy atom. The van der Waals surface area contributed by atoms with E-state index in [1.54, 1.807) is 0 Å². The number of halogens is 4. The normalized spacial score (nSPS) is 13.4. The topological polar surface area (TPSA) is 46.2 Å². The van der Waals surface area contributed by atoms with Crippen molar-refractivity contribution in [3.8, 4) is 0 Å². The zero-order valence-corrected chi connectivity index (χ0v) is 13.4. The van der Waals surface area contributed by atoms with Gasteiger partial charge in [-0.05, 0) is 33.6 Å². The maximum Gasteiger partial charge on any atom is 0.145 e. The largest absolute Gasteiger partial charge is 0.391 e. The minimum absolute atomic E-state index is 0. The Kier molecular flexibility index (Phi) is 6.74. The van der Waals surface area contributed by atoms with Gasteiger partial charge < -0.3 is 10.8 Å². The van der Waals surface area contributed by atoms with Gasteiger partial charge >= 0.3 is 0 Å². The third kappa shape index (κ3) is 4.23. The molecule has 0 heterocycles. The lowest BCUT2D eigenvalue weighted by Crippen LogP contribution is -2.30. The van der Waals surface area contributed by atoms with Crippen LogP contribution in [0.1, 0.15) is 17.2 Å². The Morgan fingerprint density at radius 3 is 2.33 bits per heavy atom. The van der Waals surface area contributed by atoms with Crippen molar-refractivity contribution in [2.75, 3.05) is 0 Å². The molecular weight excluding hydrogens is 364 g/mol. The molecule has 2 aromatic carbocycles. The van der Waals surface area contributed by atoms with E-state index in [-0.39, 0.29) is 28.9 Å². The monoisotopic (exact) mass is 377 g/mol. The van der Waals surface area contributed by atoms with Crippen LogP contribution in [-0.4, -0.2) is 11.2 Å². The highest BCUT2D eigenvalue weighted by Gasteiger charge is 2.25. The van der Waals surface area contributed by atoms with Gasteiger partial charge in [-0.15, -0.1) is 12.4 Å². The van der Waals surface area contributed by atoms with Crippen LogP contribution in [0.2, 0.25) is 0 Å². The van der Waals surface area contributed by atoms with E-state index in [4.69, 9.17) is 5.73 Å². The fourth-order valence-electron chi connectivity index (χ4n) is 2.02. The van der Waals surface area contributed by atoms with Gasteiger partial charge in [0.05, 0.1) is 16.6 Å². The number of hydrogen-bond donors (Lipinski definition) is 2. The smallest absolute Gasteiger partial charge is 0.145 e. The van der Waals surface area contributed by atoms with E-state index in [9.17, 15) is 13.9 Å². The molecule has 0 fully saturated rings. The van der Waals surface area contributed by atoms with Crippen molar-refractivity contribution in [1.82, 2.24) is 0 Å². The molecule has 0 radical (unpaired) electrons. The second kappa shape index (κ2) is 7.84. The molecule has 3 N–H and O–H groups in total. The number of aliphatic hydroxyl groups is 1. The summed E-state index contributed by atoms with van der Waals surface area (Å²) in [5.41, 5.74) is 6.36. The standard InChI is InChI=1S/C15H14BrF2NO.ClH/c16-10-6-7-11(17)13(14(10)18)15(19)12(20)8-9-4-2-1-3-5-9;/h1-7,12,15,20H,8,19H2;1H/t12-,15-;/m1./s1. The second-order valence-electron chi connectivity index (χ2n) is 4.54. The summed E-state index contributed by atoms with van der Waals surface area (Å²) in [5, 5.41) is 10.1. The van der Waals surface area contributed by atoms with Crippen LogP contribution in [0.3, 0.4) is 0 Å². The molecule has 0 aliphatic carbocycles. The average molecular weight is 379 g/mol. The lowest BCUT2D eigenvalue weighted by Gasteiger charge is -2.20. The Bertz CT molecular complexity index is 598. The third-order valence-electron chi connectivity index (χ3n) is 3.11. The molecule has 0 aliphatic rings. The van der Waals surface area contributed by atoms with Gasteiger partial charge in [-0.3, -0.25) is 0 Å². The van der Waals surface area contributed by atoms with Crippen molar-refractivity contribution in [2.45, 2.75) is 18.6 Å². The summed E-state index contributed by atoms with van der Waals surface area (Å²) in [4.78, 5) is 0. The first kappa shape index (κ1) is 18.0. The fourth-order valence-corrected chi connectivity index (χ4v) is 2.37. The van der Waals surface area contributed by atoms with Crippen LogP contribution in [0.15, 0.2) is 46.9 Å². The Hall–Kier alpha value is -1.01. The Balaban J connectivity index is 0.00000220. The van der Waals surface area contributed by atoms with Gasteiger partial charge in [0.15, 0.2) is 0 Å². The molecule has 114 valence electrons. The zero-order chi connectivity index (χ0) is 14.7. The summed E-state index contributed by atoms with van der Waals surface area (Å²) in [6.45, 7) is 0. The Morgan fingerprint density at radius 2 is 1.71 bits per heavy atom. The molecule has 2 rings (SSSR count). The van der Waals surface area contributed by atoms with Gasteiger partial charge in [0, 0.05) is 12.0 Å². The summed E-state index contributed by atoms with van der Waals surface area (Å²) in [5.74, 6) is -1.53. The van der Waals surface area contributed by atoms with Crippen LogP contribution >= 0.6 is 28.3 Å². The van der Waals surface area contributed by atoms with Gasteiger partial charge in [-0.25, -0.2) is 8.78 Å². The van der Waals surface area contributed by atoms with E-state index < -0.39 is 23.8 Å². The number of aliphatic hydroxyl groups excluding tert-OH is 1. The lowest BCUT2D eigenvalue weighted by molar-refractivity contribution is 0.141. The number of benzene rings is 2. The van der Waals surface area contributed by atoms with E-state index in [0.717, 1.165) is 11.6 Å². The van der Waals surface area contributed by atoms with E-state index in [2.05, 4.69) is 15.9 Å². The first-order chi connectivity index (χ1) is 9.50. The average Bonchev–Trinajstić information content (AvgIpc) is 2.44. The van der Waals surface area contributed by atoms with Crippen molar-refractivity contribution in [1.29, 1.82) is 0 Å². The van der Waals surface area contributed by atoms with Crippen LogP contribution in [0.5, 0.6) is 0 Å². The van der Waals surface area contributed by atoms with Crippen molar-refractivity contribution in [3.05, 3.63) is 69.7 Å². The predicted octanol–water partition coefficient (Wildman–Crippen LogP) is 3.75. The highest BCUT2D eigenvalue weighted by atomic mass is 79.9. The van der Waals surface area contributed by atoms with Crippen molar-refractivity contribution < 1.29 is 13.9 Å². The molecule has 0 spiro atoms. The van der Waals surface area contributed by atoms with Crippen molar-refractivity contribution >= 4 is 28.3 Å². The molecule has 0 saturated carbocycles. The SMILES string of the molecule is Cl.N[C@@H](c1c(F)ccc(Br)c1F)[C@H](O)Cc1ccccc1. The van der Waals surface area contributed by atoms with Gasteiger partial charge in [0.1, 0.15) is 11.6 Å². The van der Waals surface area contributed by atoms with Crippen LogP contribution in [0, 0.1) is 11.6 Å². The second-order valence-corrected chi connectivity index (χ2v) is 5.39. The first-order valence-electron chi connectivity index (χ1n) is 6.11. The minimum Gasteiger partial charge on any atom is -0.391 e. The van der Waals surface area contributed by atoms with Gasteiger partial charge in [0.2, 0.25) is 0 Å². The molecule has 2 atom stereocenters. The maximum atomic E-state index is 13.9. The van der Waals surface area contributed by atoms with Crippen LogP contribution in [0.4, 0.5) is 8.78 Å². The quantitative estimate of drug-likeness (QED) is 0.796. The number of nitrogens with two attached hydrogens (primary N) is 1. The maximum absolute atomic E-state index is 13.9. The number of rotatable bonds is 4. The highest BCUT2D eigenvalue weighted by Crippen LogP contribution is 2.28. The zero-order valence-electron chi connectivity index (χ0n) is 11.0. The van der Waals surface area contributed by atoms with Crippen LogP contribution in [-0.2, 0) is 6.42 Å². The Labute approximate surface area is 136 Å². The first-order valence-corrected chi connectivity index (χ1v) is 6.91. The van der Waals surface area contributed by atoms with Gasteiger partial charge in [-0.1, -0.05) is 30.3 Å². The summed E-state index contributed by atoms with van der Waals surface area (Å²) in [6.07, 6.45) is -0.844. The molecule has 0 bridgehead atoms. The van der Waals surface area contributed by atoms with Crippen LogP contribution < -0.4 is 5.73 Å². The van der Waals surface area contributed by atoms with Gasteiger partial charge in [-0.2, -0.15) is 0 Å². The summed E-state index contributed by atoms with van der Waals surface area (Å²) in [6, 6.07) is 10.4. The van der Waals surface area contributed by atoms with Crippen LogP contribution in [0.25, 0.3) is 0 Å².